The van der Waals surface area contributed by atoms with Gasteiger partial charge in [0.2, 0.25) is 0 Å². The predicted molar refractivity (Wildman–Crippen MR) is 99.9 cm³/mol. The number of carbonyl (C=O) groups is 1. The van der Waals surface area contributed by atoms with E-state index in [-0.39, 0.29) is 12.5 Å². The Bertz CT molecular complexity index is 759. The van der Waals surface area contributed by atoms with E-state index in [1.165, 1.54) is 16.6 Å². The number of hydrogen-bond acceptors (Lipinski definition) is 6. The van der Waals surface area contributed by atoms with Gasteiger partial charge in [-0.25, -0.2) is 0 Å². The molecule has 1 aliphatic heterocycles. The molecule has 0 aliphatic carbocycles. The van der Waals surface area contributed by atoms with Crippen LogP contribution in [0.25, 0.3) is 0 Å². The first kappa shape index (κ1) is 17.3. The zero-order valence-electron chi connectivity index (χ0n) is 12.7. The van der Waals surface area contributed by atoms with Crippen molar-refractivity contribution in [1.29, 1.82) is 0 Å². The number of thiophene rings is 1. The molecule has 0 saturated carbocycles. The Hall–Kier alpha value is -1.54. The van der Waals surface area contributed by atoms with Gasteiger partial charge in [0.25, 0.3) is 5.91 Å². The van der Waals surface area contributed by atoms with Gasteiger partial charge < -0.3 is 10.4 Å². The standard InChI is InChI=1S/C16H16ClN3O2S2/c17-11-5-3-10(4-6-11)9-18-14(22)16-20-19-15-13(24-16)8-12(23-15)2-1-7-21/h3-6,8,19,21H,1-2,7,9H2,(H,18,22). The number of fused-ring (bicyclic) bond motifs is 1. The zero-order valence-corrected chi connectivity index (χ0v) is 15.1. The van der Waals surface area contributed by atoms with E-state index in [1.807, 2.05) is 12.1 Å². The highest BCUT2D eigenvalue weighted by atomic mass is 35.5. The number of thioether (sulfide) groups is 1. The Morgan fingerprint density at radius 2 is 2.12 bits per heavy atom. The van der Waals surface area contributed by atoms with Gasteiger partial charge in [0.15, 0.2) is 5.04 Å². The fraction of sp³-hybridized carbons (Fsp3) is 0.250. The van der Waals surface area contributed by atoms with E-state index >= 15 is 0 Å². The SMILES string of the molecule is O=C(NCc1ccc(Cl)cc1)C1=NNc2sc(CCCO)cc2S1. The second-order valence-electron chi connectivity index (χ2n) is 5.17. The molecular formula is C16H16ClN3O2S2. The predicted octanol–water partition coefficient (Wildman–Crippen LogP) is 3.47. The van der Waals surface area contributed by atoms with E-state index in [0.29, 0.717) is 16.6 Å². The van der Waals surface area contributed by atoms with E-state index in [1.54, 1.807) is 23.5 Å². The molecule has 1 aliphatic rings. The van der Waals surface area contributed by atoms with Gasteiger partial charge in [-0.3, -0.25) is 10.2 Å². The molecule has 1 aromatic carbocycles. The molecule has 126 valence electrons. The fourth-order valence-corrected chi connectivity index (χ4v) is 4.33. The lowest BCUT2D eigenvalue weighted by molar-refractivity contribution is -0.114. The molecule has 0 radical (unpaired) electrons. The van der Waals surface area contributed by atoms with Crippen LogP contribution < -0.4 is 10.7 Å². The molecule has 24 heavy (non-hydrogen) atoms. The molecule has 0 unspecified atom stereocenters. The molecule has 0 spiro atoms. The molecule has 0 bridgehead atoms. The third-order valence-electron chi connectivity index (χ3n) is 3.36. The smallest absolute Gasteiger partial charge is 0.278 e. The summed E-state index contributed by atoms with van der Waals surface area (Å²) < 4.78 is 0. The van der Waals surface area contributed by atoms with Crippen molar-refractivity contribution >= 4 is 50.7 Å². The summed E-state index contributed by atoms with van der Waals surface area (Å²) in [5, 5.41) is 17.9. The third kappa shape index (κ3) is 4.30. The third-order valence-corrected chi connectivity index (χ3v) is 5.85. The van der Waals surface area contributed by atoms with Gasteiger partial charge in [0.1, 0.15) is 5.00 Å². The lowest BCUT2D eigenvalue weighted by atomic mass is 10.2. The van der Waals surface area contributed by atoms with E-state index in [0.717, 1.165) is 28.3 Å². The number of carbonyl (C=O) groups excluding carboxylic acids is 1. The van der Waals surface area contributed by atoms with Crippen LogP contribution in [-0.4, -0.2) is 22.7 Å². The highest BCUT2D eigenvalue weighted by molar-refractivity contribution is 8.16. The number of hydrazone groups is 1. The highest BCUT2D eigenvalue weighted by Gasteiger charge is 2.21. The largest absolute Gasteiger partial charge is 0.396 e. The maximum atomic E-state index is 12.3. The van der Waals surface area contributed by atoms with Crippen LogP contribution in [0.3, 0.4) is 0 Å². The second-order valence-corrected chi connectivity index (χ2v) is 7.78. The van der Waals surface area contributed by atoms with Crippen molar-refractivity contribution in [2.45, 2.75) is 24.3 Å². The maximum absolute atomic E-state index is 12.3. The first-order chi connectivity index (χ1) is 11.7. The molecule has 0 fully saturated rings. The van der Waals surface area contributed by atoms with Crippen molar-refractivity contribution in [2.75, 3.05) is 12.0 Å². The summed E-state index contributed by atoms with van der Waals surface area (Å²) >= 11 is 8.81. The molecule has 1 aromatic heterocycles. The number of nitrogens with one attached hydrogen (secondary N) is 2. The lowest BCUT2D eigenvalue weighted by Gasteiger charge is -2.12. The Morgan fingerprint density at radius 1 is 1.33 bits per heavy atom. The van der Waals surface area contributed by atoms with E-state index in [4.69, 9.17) is 16.7 Å². The molecule has 5 nitrogen and oxygen atoms in total. The average molecular weight is 382 g/mol. The van der Waals surface area contributed by atoms with Gasteiger partial charge in [-0.1, -0.05) is 35.5 Å². The van der Waals surface area contributed by atoms with Crippen LogP contribution in [0.15, 0.2) is 40.3 Å². The monoisotopic (exact) mass is 381 g/mol. The molecule has 2 aromatic rings. The minimum Gasteiger partial charge on any atom is -0.396 e. The second kappa shape index (κ2) is 8.02. The summed E-state index contributed by atoms with van der Waals surface area (Å²) in [6.45, 7) is 0.603. The van der Waals surface area contributed by atoms with Crippen LogP contribution in [0.4, 0.5) is 5.00 Å². The zero-order chi connectivity index (χ0) is 16.9. The first-order valence-corrected chi connectivity index (χ1v) is 9.44. The number of nitrogens with zero attached hydrogens (tertiary/aromatic N) is 1. The number of amides is 1. The minimum absolute atomic E-state index is 0.179. The van der Waals surface area contributed by atoms with Gasteiger partial charge in [-0.15, -0.1) is 11.3 Å². The van der Waals surface area contributed by atoms with Gasteiger partial charge in [-0.05, 0) is 36.6 Å². The number of benzene rings is 1. The molecular weight excluding hydrogens is 366 g/mol. The molecule has 0 saturated heterocycles. The maximum Gasteiger partial charge on any atom is 0.278 e. The van der Waals surface area contributed by atoms with Gasteiger partial charge in [0, 0.05) is 23.1 Å². The highest BCUT2D eigenvalue weighted by Crippen LogP contribution is 2.39. The Labute approximate surface area is 153 Å². The van der Waals surface area contributed by atoms with Crippen molar-refractivity contribution < 1.29 is 9.90 Å². The number of hydrogen-bond donors (Lipinski definition) is 3. The van der Waals surface area contributed by atoms with Gasteiger partial charge >= 0.3 is 0 Å². The van der Waals surface area contributed by atoms with Crippen molar-refractivity contribution in [3.8, 4) is 0 Å². The van der Waals surface area contributed by atoms with Crippen molar-refractivity contribution in [3.63, 3.8) is 0 Å². The van der Waals surface area contributed by atoms with E-state index in [9.17, 15) is 4.79 Å². The van der Waals surface area contributed by atoms with Crippen molar-refractivity contribution in [1.82, 2.24) is 5.32 Å². The van der Waals surface area contributed by atoms with Gasteiger partial charge in [0.05, 0.1) is 4.90 Å². The fourth-order valence-electron chi connectivity index (χ4n) is 2.14. The summed E-state index contributed by atoms with van der Waals surface area (Å²) in [4.78, 5) is 14.4. The molecule has 8 heteroatoms. The number of aryl methyl sites for hydroxylation is 1. The topological polar surface area (TPSA) is 73.7 Å². The van der Waals surface area contributed by atoms with E-state index < -0.39 is 0 Å². The van der Waals surface area contributed by atoms with Crippen LogP contribution in [0.2, 0.25) is 5.02 Å². The van der Waals surface area contributed by atoms with Crippen molar-refractivity contribution in [3.05, 3.63) is 45.8 Å². The first-order valence-electron chi connectivity index (χ1n) is 7.43. The Kier molecular flexibility index (Phi) is 5.78. The number of aliphatic hydroxyl groups excluding tert-OH is 1. The average Bonchev–Trinajstić information content (AvgIpc) is 3.01. The molecule has 3 N–H and O–H groups in total. The molecule has 2 heterocycles. The lowest BCUT2D eigenvalue weighted by Crippen LogP contribution is -2.30. The number of halogens is 1. The normalized spacial score (nSPS) is 13.0. The van der Waals surface area contributed by atoms with E-state index in [2.05, 4.69) is 21.9 Å². The Morgan fingerprint density at radius 3 is 2.88 bits per heavy atom. The molecule has 0 atom stereocenters. The minimum atomic E-state index is -0.212. The number of aliphatic hydroxyl groups is 1. The summed E-state index contributed by atoms with van der Waals surface area (Å²) in [6, 6.07) is 9.39. The Balaban J connectivity index is 1.57. The number of anilines is 1. The summed E-state index contributed by atoms with van der Waals surface area (Å²) in [7, 11) is 0. The summed E-state index contributed by atoms with van der Waals surface area (Å²) in [6.07, 6.45) is 1.56. The van der Waals surface area contributed by atoms with Crippen LogP contribution >= 0.6 is 34.7 Å². The molecule has 3 rings (SSSR count). The van der Waals surface area contributed by atoms with Crippen LogP contribution in [-0.2, 0) is 17.8 Å². The summed E-state index contributed by atoms with van der Waals surface area (Å²) in [5.41, 5.74) is 3.92. The quantitative estimate of drug-likeness (QED) is 0.716. The van der Waals surface area contributed by atoms with Crippen LogP contribution in [0.5, 0.6) is 0 Å². The van der Waals surface area contributed by atoms with Gasteiger partial charge in [-0.2, -0.15) is 5.10 Å². The summed E-state index contributed by atoms with van der Waals surface area (Å²) in [5.74, 6) is -0.212. The van der Waals surface area contributed by atoms with Crippen LogP contribution in [0, 0.1) is 0 Å². The van der Waals surface area contributed by atoms with Crippen LogP contribution in [0.1, 0.15) is 16.9 Å². The molecule has 1 amide bonds. The number of rotatable bonds is 6. The van der Waals surface area contributed by atoms with Crippen molar-refractivity contribution in [2.24, 2.45) is 5.10 Å².